The Balaban J connectivity index is 0.000000271. The number of Topliss-reactive ketones (excluding diaryl/α,β-unsaturated/α-hetero) is 1. The first-order valence-electron chi connectivity index (χ1n) is 9.11. The molecule has 0 amide bonds. The molecule has 0 saturated heterocycles. The van der Waals surface area contributed by atoms with Gasteiger partial charge in [0.25, 0.3) is 0 Å². The normalized spacial score (nSPS) is 10.8. The standard InChI is InChI=1S/C14H21N.C9H10O/c1-3-5-6-9-12(4-2)13-10-7-8-11-14(13)15;1-7-3-5-9(6-4-7)8(2)10/h7-11H,3-6,15H2,1-2H3;3-6H,1-2H3/b12-9+;. The first kappa shape index (κ1) is 20.7. The molecule has 0 aliphatic carbocycles. The number of hydrogen-bond donors (Lipinski definition) is 1. The summed E-state index contributed by atoms with van der Waals surface area (Å²) in [6.07, 6.45) is 7.05. The zero-order valence-corrected chi connectivity index (χ0v) is 16.0. The molecule has 134 valence electrons. The molecule has 2 heteroatoms. The van der Waals surface area contributed by atoms with Gasteiger partial charge < -0.3 is 5.73 Å². The van der Waals surface area contributed by atoms with Crippen LogP contribution in [0, 0.1) is 6.92 Å². The molecule has 2 rings (SSSR count). The van der Waals surface area contributed by atoms with Crippen molar-refractivity contribution in [1.29, 1.82) is 0 Å². The highest BCUT2D eigenvalue weighted by molar-refractivity contribution is 5.93. The third-order valence-corrected chi connectivity index (χ3v) is 4.09. The van der Waals surface area contributed by atoms with Gasteiger partial charge in [0.15, 0.2) is 5.78 Å². The Labute approximate surface area is 152 Å². The summed E-state index contributed by atoms with van der Waals surface area (Å²) in [6, 6.07) is 15.7. The number of aryl methyl sites for hydroxylation is 1. The predicted molar refractivity (Wildman–Crippen MR) is 110 cm³/mol. The van der Waals surface area contributed by atoms with Crippen LogP contribution < -0.4 is 5.73 Å². The summed E-state index contributed by atoms with van der Waals surface area (Å²) >= 11 is 0. The van der Waals surface area contributed by atoms with Gasteiger partial charge in [-0.05, 0) is 38.3 Å². The zero-order valence-electron chi connectivity index (χ0n) is 16.0. The minimum absolute atomic E-state index is 0.125. The first-order valence-corrected chi connectivity index (χ1v) is 9.11. The number of para-hydroxylation sites is 1. The number of nitrogen functional groups attached to an aromatic ring is 1. The van der Waals surface area contributed by atoms with E-state index in [0.717, 1.165) is 24.1 Å². The summed E-state index contributed by atoms with van der Waals surface area (Å²) in [7, 11) is 0. The maximum Gasteiger partial charge on any atom is 0.159 e. The molecule has 0 aliphatic rings. The van der Waals surface area contributed by atoms with Crippen molar-refractivity contribution in [3.63, 3.8) is 0 Å². The number of rotatable bonds is 6. The number of allylic oxidation sites excluding steroid dienone is 2. The Morgan fingerprint density at radius 3 is 2.20 bits per heavy atom. The van der Waals surface area contributed by atoms with Gasteiger partial charge >= 0.3 is 0 Å². The molecule has 0 atom stereocenters. The molecular formula is C23H31NO. The maximum atomic E-state index is 10.8. The van der Waals surface area contributed by atoms with Crippen molar-refractivity contribution >= 4 is 17.0 Å². The van der Waals surface area contributed by atoms with Gasteiger partial charge in [0.05, 0.1) is 0 Å². The van der Waals surface area contributed by atoms with Gasteiger partial charge in [-0.25, -0.2) is 0 Å². The van der Waals surface area contributed by atoms with Crippen molar-refractivity contribution in [3.05, 3.63) is 71.3 Å². The number of nitrogens with two attached hydrogens (primary N) is 1. The molecule has 0 unspecified atom stereocenters. The summed E-state index contributed by atoms with van der Waals surface area (Å²) < 4.78 is 0. The van der Waals surface area contributed by atoms with E-state index in [1.807, 2.05) is 43.3 Å². The summed E-state index contributed by atoms with van der Waals surface area (Å²) in [5, 5.41) is 0. The van der Waals surface area contributed by atoms with E-state index in [-0.39, 0.29) is 5.78 Å². The lowest BCUT2D eigenvalue weighted by Crippen LogP contribution is -1.92. The fourth-order valence-corrected chi connectivity index (χ4v) is 2.50. The fourth-order valence-electron chi connectivity index (χ4n) is 2.50. The van der Waals surface area contributed by atoms with Gasteiger partial charge in [0.2, 0.25) is 0 Å². The van der Waals surface area contributed by atoms with Crippen LogP contribution in [0.4, 0.5) is 5.69 Å². The first-order chi connectivity index (χ1) is 12.0. The number of ketones is 1. The van der Waals surface area contributed by atoms with E-state index >= 15 is 0 Å². The van der Waals surface area contributed by atoms with Gasteiger partial charge in [-0.3, -0.25) is 4.79 Å². The Kier molecular flexibility index (Phi) is 9.31. The molecule has 0 saturated carbocycles. The molecule has 2 aromatic carbocycles. The van der Waals surface area contributed by atoms with Crippen LogP contribution in [0.15, 0.2) is 54.6 Å². The molecule has 2 aromatic rings. The van der Waals surface area contributed by atoms with Crippen LogP contribution in [-0.2, 0) is 0 Å². The minimum atomic E-state index is 0.125. The highest BCUT2D eigenvalue weighted by atomic mass is 16.1. The molecule has 0 aliphatic heterocycles. The Bertz CT molecular complexity index is 683. The number of hydrogen-bond acceptors (Lipinski definition) is 2. The third kappa shape index (κ3) is 7.38. The number of carbonyl (C=O) groups is 1. The fraction of sp³-hybridized carbons (Fsp3) is 0.348. The van der Waals surface area contributed by atoms with Crippen LogP contribution in [0.1, 0.15) is 67.9 Å². The van der Waals surface area contributed by atoms with Crippen molar-refractivity contribution in [2.75, 3.05) is 5.73 Å². The highest BCUT2D eigenvalue weighted by Crippen LogP contribution is 2.24. The Hall–Kier alpha value is -2.35. The monoisotopic (exact) mass is 337 g/mol. The van der Waals surface area contributed by atoms with Crippen LogP contribution in [0.3, 0.4) is 0 Å². The summed E-state index contributed by atoms with van der Waals surface area (Å²) in [6.45, 7) is 7.98. The molecule has 25 heavy (non-hydrogen) atoms. The van der Waals surface area contributed by atoms with E-state index in [1.165, 1.54) is 29.5 Å². The number of anilines is 1. The minimum Gasteiger partial charge on any atom is -0.398 e. The molecule has 0 bridgehead atoms. The summed E-state index contributed by atoms with van der Waals surface area (Å²) in [5.41, 5.74) is 11.4. The molecule has 0 spiro atoms. The molecule has 2 nitrogen and oxygen atoms in total. The number of carbonyl (C=O) groups excluding carboxylic acids is 1. The van der Waals surface area contributed by atoms with Crippen LogP contribution in [0.2, 0.25) is 0 Å². The smallest absolute Gasteiger partial charge is 0.159 e. The SMILES string of the molecule is CC(=O)c1ccc(C)cc1.CCCC/C=C(\CC)c1ccccc1N. The van der Waals surface area contributed by atoms with Crippen molar-refractivity contribution in [2.24, 2.45) is 0 Å². The molecule has 0 fully saturated rings. The van der Waals surface area contributed by atoms with E-state index in [1.54, 1.807) is 6.92 Å². The Morgan fingerprint density at radius 2 is 1.68 bits per heavy atom. The van der Waals surface area contributed by atoms with Crippen LogP contribution in [0.25, 0.3) is 5.57 Å². The quantitative estimate of drug-likeness (QED) is 0.374. The van der Waals surface area contributed by atoms with Gasteiger partial charge in [-0.2, -0.15) is 0 Å². The molecule has 2 N–H and O–H groups in total. The number of unbranched alkanes of at least 4 members (excludes halogenated alkanes) is 2. The molecule has 0 heterocycles. The highest BCUT2D eigenvalue weighted by Gasteiger charge is 2.02. The van der Waals surface area contributed by atoms with Crippen molar-refractivity contribution < 1.29 is 4.79 Å². The van der Waals surface area contributed by atoms with E-state index in [2.05, 4.69) is 32.1 Å². The van der Waals surface area contributed by atoms with Crippen LogP contribution in [0.5, 0.6) is 0 Å². The topological polar surface area (TPSA) is 43.1 Å². The van der Waals surface area contributed by atoms with Gasteiger partial charge in [0, 0.05) is 16.8 Å². The van der Waals surface area contributed by atoms with Gasteiger partial charge in [0.1, 0.15) is 0 Å². The molecule has 0 radical (unpaired) electrons. The zero-order chi connectivity index (χ0) is 18.7. The number of benzene rings is 2. The summed E-state index contributed by atoms with van der Waals surface area (Å²) in [5.74, 6) is 0.125. The predicted octanol–water partition coefficient (Wildman–Crippen LogP) is 6.45. The lowest BCUT2D eigenvalue weighted by Gasteiger charge is -2.08. The van der Waals surface area contributed by atoms with E-state index < -0.39 is 0 Å². The van der Waals surface area contributed by atoms with E-state index in [9.17, 15) is 4.79 Å². The Morgan fingerprint density at radius 1 is 1.04 bits per heavy atom. The van der Waals surface area contributed by atoms with Gasteiger partial charge in [-0.15, -0.1) is 0 Å². The van der Waals surface area contributed by atoms with Crippen LogP contribution >= 0.6 is 0 Å². The maximum absolute atomic E-state index is 10.8. The second-order valence-electron chi connectivity index (χ2n) is 6.23. The second kappa shape index (κ2) is 11.2. The third-order valence-electron chi connectivity index (χ3n) is 4.09. The van der Waals surface area contributed by atoms with E-state index in [4.69, 9.17) is 5.73 Å². The average molecular weight is 338 g/mol. The largest absolute Gasteiger partial charge is 0.398 e. The lowest BCUT2D eigenvalue weighted by molar-refractivity contribution is 0.101. The van der Waals surface area contributed by atoms with Crippen molar-refractivity contribution in [3.8, 4) is 0 Å². The average Bonchev–Trinajstić information content (AvgIpc) is 2.61. The molecular weight excluding hydrogens is 306 g/mol. The van der Waals surface area contributed by atoms with Gasteiger partial charge in [-0.1, -0.05) is 80.8 Å². The van der Waals surface area contributed by atoms with Crippen LogP contribution in [-0.4, -0.2) is 5.78 Å². The second-order valence-corrected chi connectivity index (χ2v) is 6.23. The lowest BCUT2D eigenvalue weighted by atomic mass is 10.00. The molecule has 0 aromatic heterocycles. The summed E-state index contributed by atoms with van der Waals surface area (Å²) in [4.78, 5) is 10.8. The van der Waals surface area contributed by atoms with Crippen molar-refractivity contribution in [1.82, 2.24) is 0 Å². The van der Waals surface area contributed by atoms with Crippen molar-refractivity contribution in [2.45, 2.75) is 53.4 Å². The van der Waals surface area contributed by atoms with E-state index in [0.29, 0.717) is 0 Å².